The summed E-state index contributed by atoms with van der Waals surface area (Å²) in [6.45, 7) is 8.02. The number of amides is 1. The predicted octanol–water partition coefficient (Wildman–Crippen LogP) is 2.13. The summed E-state index contributed by atoms with van der Waals surface area (Å²) in [6, 6.07) is 4.71. The molecule has 0 aromatic heterocycles. The fourth-order valence-electron chi connectivity index (χ4n) is 2.68. The lowest BCUT2D eigenvalue weighted by Crippen LogP contribution is -2.51. The Morgan fingerprint density at radius 2 is 2.09 bits per heavy atom. The number of morpholine rings is 1. The van der Waals surface area contributed by atoms with Gasteiger partial charge in [0.2, 0.25) is 0 Å². The highest BCUT2D eigenvalue weighted by Crippen LogP contribution is 2.21. The monoisotopic (exact) mass is 326 g/mol. The molecular formula is C16H23ClN2O3. The summed E-state index contributed by atoms with van der Waals surface area (Å²) in [5.74, 6) is 0.0413. The number of halogens is 1. The molecule has 1 aliphatic heterocycles. The zero-order chi connectivity index (χ0) is 16.1. The third-order valence-corrected chi connectivity index (χ3v) is 4.19. The van der Waals surface area contributed by atoms with Crippen molar-refractivity contribution in [1.29, 1.82) is 0 Å². The van der Waals surface area contributed by atoms with Crippen molar-refractivity contribution in [3.05, 3.63) is 28.8 Å². The number of rotatable bonds is 5. The van der Waals surface area contributed by atoms with Crippen molar-refractivity contribution < 1.29 is 14.6 Å². The van der Waals surface area contributed by atoms with Gasteiger partial charge in [0.1, 0.15) is 5.75 Å². The summed E-state index contributed by atoms with van der Waals surface area (Å²) in [6.07, 6.45) is 0. The van der Waals surface area contributed by atoms with Crippen molar-refractivity contribution in [3.8, 4) is 5.75 Å². The molecule has 0 bridgehead atoms. The average Bonchev–Trinajstić information content (AvgIpc) is 2.50. The first kappa shape index (κ1) is 17.1. The molecule has 1 aromatic carbocycles. The van der Waals surface area contributed by atoms with E-state index in [4.69, 9.17) is 16.3 Å². The molecule has 1 amide bonds. The number of phenolic OH excluding ortho intramolecular Hbond substituents is 1. The van der Waals surface area contributed by atoms with Gasteiger partial charge in [-0.05, 0) is 24.1 Å². The second-order valence-corrected chi connectivity index (χ2v) is 6.27. The van der Waals surface area contributed by atoms with Crippen molar-refractivity contribution in [3.63, 3.8) is 0 Å². The van der Waals surface area contributed by atoms with Crippen LogP contribution in [0.3, 0.4) is 0 Å². The largest absolute Gasteiger partial charge is 0.507 e. The summed E-state index contributed by atoms with van der Waals surface area (Å²) in [5.41, 5.74) is 0.206. The molecule has 2 rings (SSSR count). The molecule has 1 unspecified atom stereocenters. The maximum absolute atomic E-state index is 12.3. The summed E-state index contributed by atoms with van der Waals surface area (Å²) in [7, 11) is 0. The number of nitrogens with one attached hydrogen (secondary N) is 1. The molecule has 2 N–H and O–H groups in total. The van der Waals surface area contributed by atoms with Crippen molar-refractivity contribution in [1.82, 2.24) is 10.2 Å². The fourth-order valence-corrected chi connectivity index (χ4v) is 2.85. The summed E-state index contributed by atoms with van der Waals surface area (Å²) < 4.78 is 5.38. The quantitative estimate of drug-likeness (QED) is 0.870. The molecule has 0 spiro atoms. The number of phenols is 1. The lowest BCUT2D eigenvalue weighted by Gasteiger charge is -2.36. The topological polar surface area (TPSA) is 61.8 Å². The maximum atomic E-state index is 12.3. The Balaban J connectivity index is 1.99. The third-order valence-electron chi connectivity index (χ3n) is 3.96. The Morgan fingerprint density at radius 1 is 1.41 bits per heavy atom. The van der Waals surface area contributed by atoms with E-state index in [1.807, 2.05) is 0 Å². The normalized spacial score (nSPS) is 17.5. The molecule has 22 heavy (non-hydrogen) atoms. The van der Waals surface area contributed by atoms with E-state index in [0.29, 0.717) is 17.5 Å². The van der Waals surface area contributed by atoms with Crippen LogP contribution in [0.2, 0.25) is 5.02 Å². The van der Waals surface area contributed by atoms with Gasteiger partial charge in [-0.2, -0.15) is 0 Å². The lowest BCUT2D eigenvalue weighted by molar-refractivity contribution is 0.00672. The Bertz CT molecular complexity index is 516. The Morgan fingerprint density at radius 3 is 2.73 bits per heavy atom. The van der Waals surface area contributed by atoms with Crippen LogP contribution in [0.4, 0.5) is 0 Å². The summed E-state index contributed by atoms with van der Waals surface area (Å²) in [5, 5.41) is 13.1. The Kier molecular flexibility index (Phi) is 6.06. The smallest absolute Gasteiger partial charge is 0.255 e. The van der Waals surface area contributed by atoms with Crippen LogP contribution in [0.5, 0.6) is 5.75 Å². The van der Waals surface area contributed by atoms with Crippen LogP contribution in [0, 0.1) is 5.92 Å². The van der Waals surface area contributed by atoms with Gasteiger partial charge >= 0.3 is 0 Å². The van der Waals surface area contributed by atoms with E-state index in [1.165, 1.54) is 12.1 Å². The molecular weight excluding hydrogens is 304 g/mol. The van der Waals surface area contributed by atoms with E-state index in [2.05, 4.69) is 24.1 Å². The van der Waals surface area contributed by atoms with Crippen LogP contribution in [0.1, 0.15) is 24.2 Å². The minimum Gasteiger partial charge on any atom is -0.507 e. The molecule has 1 heterocycles. The minimum absolute atomic E-state index is 0.0608. The van der Waals surface area contributed by atoms with E-state index >= 15 is 0 Å². The third kappa shape index (κ3) is 4.35. The van der Waals surface area contributed by atoms with E-state index in [1.54, 1.807) is 6.07 Å². The number of hydrogen-bond donors (Lipinski definition) is 2. The van der Waals surface area contributed by atoms with Gasteiger partial charge in [-0.3, -0.25) is 9.69 Å². The highest BCUT2D eigenvalue weighted by Gasteiger charge is 2.24. The summed E-state index contributed by atoms with van der Waals surface area (Å²) >= 11 is 5.88. The zero-order valence-electron chi connectivity index (χ0n) is 13.0. The number of benzene rings is 1. The molecule has 1 atom stereocenters. The number of ether oxygens (including phenoxy) is 1. The van der Waals surface area contributed by atoms with Crippen LogP contribution >= 0.6 is 11.6 Å². The number of aromatic hydroxyl groups is 1. The number of nitrogens with zero attached hydrogens (tertiary/aromatic N) is 1. The van der Waals surface area contributed by atoms with Crippen molar-refractivity contribution >= 4 is 17.5 Å². The molecule has 6 heteroatoms. The highest BCUT2D eigenvalue weighted by atomic mass is 35.5. The molecule has 1 saturated heterocycles. The van der Waals surface area contributed by atoms with Gasteiger partial charge in [0.25, 0.3) is 5.91 Å². The number of hydrogen-bond acceptors (Lipinski definition) is 4. The van der Waals surface area contributed by atoms with Crippen LogP contribution < -0.4 is 5.32 Å². The predicted molar refractivity (Wildman–Crippen MR) is 86.5 cm³/mol. The van der Waals surface area contributed by atoms with Crippen molar-refractivity contribution in [2.24, 2.45) is 5.92 Å². The lowest BCUT2D eigenvalue weighted by atomic mass is 10.0. The highest BCUT2D eigenvalue weighted by molar-refractivity contribution is 6.31. The van der Waals surface area contributed by atoms with E-state index < -0.39 is 0 Å². The van der Waals surface area contributed by atoms with Gasteiger partial charge in [-0.15, -0.1) is 0 Å². The molecule has 1 aliphatic rings. The molecule has 5 nitrogen and oxygen atoms in total. The molecule has 0 aliphatic carbocycles. The molecule has 0 saturated carbocycles. The maximum Gasteiger partial charge on any atom is 0.255 e. The fraction of sp³-hybridized carbons (Fsp3) is 0.562. The van der Waals surface area contributed by atoms with Gasteiger partial charge in [0, 0.05) is 30.7 Å². The molecule has 1 fully saturated rings. The molecule has 122 valence electrons. The van der Waals surface area contributed by atoms with E-state index in [9.17, 15) is 9.90 Å². The first-order chi connectivity index (χ1) is 10.5. The van der Waals surface area contributed by atoms with Crippen molar-refractivity contribution in [2.45, 2.75) is 19.9 Å². The first-order valence-electron chi connectivity index (χ1n) is 7.57. The van der Waals surface area contributed by atoms with Gasteiger partial charge in [-0.1, -0.05) is 25.4 Å². The van der Waals surface area contributed by atoms with Crippen LogP contribution in [-0.4, -0.2) is 54.8 Å². The standard InChI is InChI=1S/C16H23ClN2O3/c1-11(2)14(19-5-7-22-8-6-19)10-18-16(21)13-9-12(17)3-4-15(13)20/h3-4,9,11,14,20H,5-8,10H2,1-2H3,(H,18,21). The number of carbonyl (C=O) groups excluding carboxylic acids is 1. The minimum atomic E-state index is -0.307. The van der Waals surface area contributed by atoms with Gasteiger partial charge in [0.15, 0.2) is 0 Å². The van der Waals surface area contributed by atoms with Crippen LogP contribution in [-0.2, 0) is 4.74 Å². The SMILES string of the molecule is CC(C)C(CNC(=O)c1cc(Cl)ccc1O)N1CCOCC1. The second-order valence-electron chi connectivity index (χ2n) is 5.83. The second kappa shape index (κ2) is 7.81. The summed E-state index contributed by atoms with van der Waals surface area (Å²) in [4.78, 5) is 14.6. The first-order valence-corrected chi connectivity index (χ1v) is 7.95. The molecule has 0 radical (unpaired) electrons. The van der Waals surface area contributed by atoms with Crippen LogP contribution in [0.25, 0.3) is 0 Å². The average molecular weight is 327 g/mol. The van der Waals surface area contributed by atoms with E-state index in [-0.39, 0.29) is 23.3 Å². The van der Waals surface area contributed by atoms with Gasteiger partial charge < -0.3 is 15.2 Å². The Hall–Kier alpha value is -1.30. The number of carbonyl (C=O) groups is 1. The molecule has 1 aromatic rings. The van der Waals surface area contributed by atoms with E-state index in [0.717, 1.165) is 26.3 Å². The van der Waals surface area contributed by atoms with Crippen LogP contribution in [0.15, 0.2) is 18.2 Å². The zero-order valence-corrected chi connectivity index (χ0v) is 13.8. The van der Waals surface area contributed by atoms with Gasteiger partial charge in [0.05, 0.1) is 18.8 Å². The van der Waals surface area contributed by atoms with Crippen molar-refractivity contribution in [2.75, 3.05) is 32.8 Å². The van der Waals surface area contributed by atoms with Gasteiger partial charge in [-0.25, -0.2) is 0 Å². The Labute approximate surface area is 136 Å².